The van der Waals surface area contributed by atoms with Crippen molar-refractivity contribution in [2.75, 3.05) is 7.11 Å². The third-order valence-corrected chi connectivity index (χ3v) is 4.79. The average Bonchev–Trinajstić information content (AvgIpc) is 2.69. The van der Waals surface area contributed by atoms with E-state index >= 15 is 0 Å². The highest BCUT2D eigenvalue weighted by molar-refractivity contribution is 6.31. The molecule has 0 atom stereocenters. The molecule has 0 heterocycles. The first-order valence-electron chi connectivity index (χ1n) is 8.53. The maximum Gasteiger partial charge on any atom is 0.513 e. The van der Waals surface area contributed by atoms with Gasteiger partial charge in [0.2, 0.25) is 0 Å². The van der Waals surface area contributed by atoms with Crippen molar-refractivity contribution in [2.45, 2.75) is 26.2 Å². The van der Waals surface area contributed by atoms with Crippen molar-refractivity contribution < 1.29 is 23.8 Å². The molecule has 0 unspecified atom stereocenters. The van der Waals surface area contributed by atoms with Gasteiger partial charge in [0.25, 0.3) is 0 Å². The standard InChI is InChI=1S/C21H19ClO5/c1-4-12-6-8-14-16(10-12)19(26-18(23)5-2)15-9-7-13(22)11-17(15)20(14)27-21(24)25-3/h5-7,9,11H,2,4,8,10H2,1,3H3. The minimum Gasteiger partial charge on any atom is -0.437 e. The monoisotopic (exact) mass is 386 g/mol. The van der Waals surface area contributed by atoms with Crippen LogP contribution in [0.25, 0.3) is 10.8 Å². The summed E-state index contributed by atoms with van der Waals surface area (Å²) in [5.41, 5.74) is 2.81. The fraction of sp³-hybridized carbons (Fsp3) is 0.238. The zero-order valence-corrected chi connectivity index (χ0v) is 15.9. The van der Waals surface area contributed by atoms with Gasteiger partial charge in [-0.15, -0.1) is 0 Å². The van der Waals surface area contributed by atoms with Crippen molar-refractivity contribution in [1.29, 1.82) is 0 Å². The van der Waals surface area contributed by atoms with Crippen LogP contribution in [0.3, 0.4) is 0 Å². The molecule has 0 amide bonds. The molecule has 5 nitrogen and oxygen atoms in total. The first-order valence-corrected chi connectivity index (χ1v) is 8.91. The lowest BCUT2D eigenvalue weighted by molar-refractivity contribution is -0.128. The number of hydrogen-bond donors (Lipinski definition) is 0. The number of ether oxygens (including phenoxy) is 3. The van der Waals surface area contributed by atoms with Crippen LogP contribution in [0.5, 0.6) is 11.5 Å². The number of carbonyl (C=O) groups is 2. The normalized spacial score (nSPS) is 12.8. The first-order chi connectivity index (χ1) is 13.0. The summed E-state index contributed by atoms with van der Waals surface area (Å²) in [6.07, 6.45) is 4.42. The average molecular weight is 387 g/mol. The molecule has 0 N–H and O–H groups in total. The lowest BCUT2D eigenvalue weighted by Gasteiger charge is -2.24. The van der Waals surface area contributed by atoms with E-state index in [9.17, 15) is 9.59 Å². The van der Waals surface area contributed by atoms with E-state index in [1.54, 1.807) is 18.2 Å². The topological polar surface area (TPSA) is 61.8 Å². The number of hydrogen-bond acceptors (Lipinski definition) is 5. The number of fused-ring (bicyclic) bond motifs is 2. The Kier molecular flexibility index (Phi) is 5.51. The van der Waals surface area contributed by atoms with Crippen LogP contribution in [-0.4, -0.2) is 19.2 Å². The van der Waals surface area contributed by atoms with Gasteiger partial charge in [-0.1, -0.05) is 36.8 Å². The smallest absolute Gasteiger partial charge is 0.437 e. The molecule has 6 heteroatoms. The van der Waals surface area contributed by atoms with E-state index in [-0.39, 0.29) is 0 Å². The fourth-order valence-electron chi connectivity index (χ4n) is 3.22. The Hall–Kier alpha value is -2.79. The Morgan fingerprint density at radius 3 is 2.59 bits per heavy atom. The Balaban J connectivity index is 2.33. The molecular weight excluding hydrogens is 368 g/mol. The number of methoxy groups -OCH3 is 1. The van der Waals surface area contributed by atoms with Gasteiger partial charge < -0.3 is 14.2 Å². The zero-order valence-electron chi connectivity index (χ0n) is 15.1. The van der Waals surface area contributed by atoms with E-state index in [2.05, 4.69) is 24.3 Å². The van der Waals surface area contributed by atoms with Gasteiger partial charge in [0, 0.05) is 33.0 Å². The molecule has 0 radical (unpaired) electrons. The van der Waals surface area contributed by atoms with Crippen molar-refractivity contribution in [1.82, 2.24) is 0 Å². The molecule has 0 spiro atoms. The van der Waals surface area contributed by atoms with E-state index in [1.807, 2.05) is 0 Å². The molecule has 0 saturated carbocycles. The lowest BCUT2D eigenvalue weighted by Crippen LogP contribution is -2.15. The van der Waals surface area contributed by atoms with Crippen LogP contribution in [-0.2, 0) is 22.4 Å². The van der Waals surface area contributed by atoms with Gasteiger partial charge in [0.15, 0.2) is 0 Å². The summed E-state index contributed by atoms with van der Waals surface area (Å²) in [6, 6.07) is 5.13. The van der Waals surface area contributed by atoms with Crippen LogP contribution in [0.15, 0.2) is 42.5 Å². The van der Waals surface area contributed by atoms with Gasteiger partial charge in [-0.25, -0.2) is 9.59 Å². The number of rotatable bonds is 4. The Morgan fingerprint density at radius 2 is 1.93 bits per heavy atom. The molecule has 0 fully saturated rings. The molecule has 2 aromatic carbocycles. The van der Waals surface area contributed by atoms with Gasteiger partial charge in [0.1, 0.15) is 11.5 Å². The van der Waals surface area contributed by atoms with Crippen LogP contribution in [0, 0.1) is 0 Å². The molecule has 1 aliphatic rings. The SMILES string of the molecule is C=CC(=O)Oc1c2c(c(OC(=O)OC)c3cc(Cl)ccc13)CC=C(CC)C2. The first kappa shape index (κ1) is 19.0. The number of esters is 1. The maximum absolute atomic E-state index is 12.0. The highest BCUT2D eigenvalue weighted by Gasteiger charge is 2.26. The van der Waals surface area contributed by atoms with Crippen molar-refractivity contribution in [3.63, 3.8) is 0 Å². The van der Waals surface area contributed by atoms with Crippen LogP contribution in [0.4, 0.5) is 4.79 Å². The van der Waals surface area contributed by atoms with E-state index in [0.717, 1.165) is 23.6 Å². The highest BCUT2D eigenvalue weighted by Crippen LogP contribution is 2.45. The summed E-state index contributed by atoms with van der Waals surface area (Å²) in [5.74, 6) is 0.264. The van der Waals surface area contributed by atoms with E-state index in [0.29, 0.717) is 40.1 Å². The van der Waals surface area contributed by atoms with Crippen LogP contribution in [0.1, 0.15) is 24.5 Å². The Morgan fingerprint density at radius 1 is 1.19 bits per heavy atom. The van der Waals surface area contributed by atoms with Crippen molar-refractivity contribution in [3.05, 3.63) is 58.7 Å². The van der Waals surface area contributed by atoms with Crippen LogP contribution in [0.2, 0.25) is 5.02 Å². The quantitative estimate of drug-likeness (QED) is 0.238. The van der Waals surface area contributed by atoms with Crippen LogP contribution >= 0.6 is 11.6 Å². The molecule has 1 aliphatic carbocycles. The van der Waals surface area contributed by atoms with Crippen LogP contribution < -0.4 is 9.47 Å². The Labute approximate surface area is 162 Å². The molecule has 140 valence electrons. The van der Waals surface area contributed by atoms with Gasteiger partial charge >= 0.3 is 12.1 Å². The summed E-state index contributed by atoms with van der Waals surface area (Å²) in [4.78, 5) is 23.8. The second-order valence-electron chi connectivity index (χ2n) is 6.08. The second kappa shape index (κ2) is 7.84. The number of halogens is 1. The van der Waals surface area contributed by atoms with E-state index in [1.165, 1.54) is 12.7 Å². The molecule has 2 aromatic rings. The van der Waals surface area contributed by atoms with E-state index < -0.39 is 12.1 Å². The molecule has 0 bridgehead atoms. The minimum atomic E-state index is -0.820. The molecule has 0 saturated heterocycles. The molecule has 0 aromatic heterocycles. The van der Waals surface area contributed by atoms with Crippen molar-refractivity contribution in [3.8, 4) is 11.5 Å². The maximum atomic E-state index is 12.0. The molecular formula is C21H19ClO5. The van der Waals surface area contributed by atoms with Crippen molar-refractivity contribution >= 4 is 34.5 Å². The number of benzene rings is 2. The number of carbonyl (C=O) groups excluding carboxylic acids is 2. The van der Waals surface area contributed by atoms with Crippen molar-refractivity contribution in [2.24, 2.45) is 0 Å². The lowest BCUT2D eigenvalue weighted by atomic mass is 9.86. The van der Waals surface area contributed by atoms with Gasteiger partial charge in [-0.05, 0) is 37.5 Å². The fourth-order valence-corrected chi connectivity index (χ4v) is 3.39. The summed E-state index contributed by atoms with van der Waals surface area (Å²) in [7, 11) is 1.25. The Bertz CT molecular complexity index is 974. The highest BCUT2D eigenvalue weighted by atomic mass is 35.5. The molecule has 3 rings (SSSR count). The van der Waals surface area contributed by atoms with Gasteiger partial charge in [-0.2, -0.15) is 0 Å². The predicted octanol–water partition coefficient (Wildman–Crippen LogP) is 5.16. The summed E-state index contributed by atoms with van der Waals surface area (Å²) < 4.78 is 15.7. The van der Waals surface area contributed by atoms with E-state index in [4.69, 9.17) is 21.1 Å². The second-order valence-corrected chi connectivity index (χ2v) is 6.52. The third kappa shape index (κ3) is 3.69. The minimum absolute atomic E-state index is 0.374. The third-order valence-electron chi connectivity index (χ3n) is 4.56. The molecule has 0 aliphatic heterocycles. The summed E-state index contributed by atoms with van der Waals surface area (Å²) >= 11 is 6.17. The van der Waals surface area contributed by atoms with Gasteiger partial charge in [0.05, 0.1) is 7.11 Å². The number of allylic oxidation sites excluding steroid dienone is 2. The predicted molar refractivity (Wildman–Crippen MR) is 104 cm³/mol. The summed E-state index contributed by atoms with van der Waals surface area (Å²) in [5, 5.41) is 1.68. The molecule has 27 heavy (non-hydrogen) atoms. The summed E-state index contributed by atoms with van der Waals surface area (Å²) in [6.45, 7) is 5.54. The zero-order chi connectivity index (χ0) is 19.6. The van der Waals surface area contributed by atoms with Gasteiger partial charge in [-0.3, -0.25) is 0 Å². The largest absolute Gasteiger partial charge is 0.513 e.